The lowest BCUT2D eigenvalue weighted by Gasteiger charge is -2.36. The fourth-order valence-corrected chi connectivity index (χ4v) is 6.08. The average molecular weight is 475 g/mol. The van der Waals surface area contributed by atoms with E-state index in [-0.39, 0.29) is 31.9 Å². The quantitative estimate of drug-likeness (QED) is 0.397. The van der Waals surface area contributed by atoms with Crippen LogP contribution in [0.15, 0.2) is 21.9 Å². The zero-order valence-corrected chi connectivity index (χ0v) is 19.4. The Hall–Kier alpha value is -1.82. The third kappa shape index (κ3) is 5.38. The molecule has 0 aliphatic carbocycles. The van der Waals surface area contributed by atoms with E-state index in [0.29, 0.717) is 0 Å². The van der Waals surface area contributed by atoms with Crippen LogP contribution in [-0.2, 0) is 32.6 Å². The monoisotopic (exact) mass is 475 g/mol. The standard InChI is InChI=1S/C19H30N3O9P/c1-11(2)30-16(24)7-12(27-4)8-28-32(26)10-13-14(9-29-32)31-17(19(13,3)20)22-6-5-15(23)21-18(22)25/h5-6,11-14,17H,7-10,20H2,1-4H3,(H,21,23,25)/t12-,13-,14-,17-,19-,32?/m1/s1. The van der Waals surface area contributed by atoms with E-state index >= 15 is 0 Å². The second-order valence-corrected chi connectivity index (χ2v) is 10.6. The van der Waals surface area contributed by atoms with Crippen LogP contribution in [0.25, 0.3) is 0 Å². The second-order valence-electron chi connectivity index (χ2n) is 8.50. The maximum Gasteiger partial charge on any atom is 0.331 e. The number of hydrogen-bond acceptors (Lipinski definition) is 10. The number of H-pyrrole nitrogens is 1. The number of nitrogens with two attached hydrogens (primary N) is 1. The van der Waals surface area contributed by atoms with Gasteiger partial charge < -0.3 is 29.0 Å². The van der Waals surface area contributed by atoms with Crippen molar-refractivity contribution < 1.29 is 32.6 Å². The van der Waals surface area contributed by atoms with Crippen LogP contribution < -0.4 is 17.0 Å². The number of nitrogens with zero attached hydrogens (tertiary/aromatic N) is 1. The molecule has 2 saturated heterocycles. The van der Waals surface area contributed by atoms with Crippen molar-refractivity contribution in [3.8, 4) is 0 Å². The van der Waals surface area contributed by atoms with Crippen molar-refractivity contribution in [1.82, 2.24) is 9.55 Å². The highest BCUT2D eigenvalue weighted by Crippen LogP contribution is 2.58. The number of methoxy groups -OCH3 is 1. The normalized spacial score (nSPS) is 33.1. The summed E-state index contributed by atoms with van der Waals surface area (Å²) in [5.41, 5.74) is 4.24. The van der Waals surface area contributed by atoms with Gasteiger partial charge in [-0.1, -0.05) is 0 Å². The first kappa shape index (κ1) is 24.8. The minimum atomic E-state index is -3.58. The van der Waals surface area contributed by atoms with E-state index in [1.165, 1.54) is 23.9 Å². The van der Waals surface area contributed by atoms with Crippen molar-refractivity contribution in [2.75, 3.05) is 26.5 Å². The predicted octanol–water partition coefficient (Wildman–Crippen LogP) is 0.364. The molecule has 1 aromatic heterocycles. The van der Waals surface area contributed by atoms with Gasteiger partial charge in [-0.2, -0.15) is 0 Å². The van der Waals surface area contributed by atoms with Gasteiger partial charge in [0.15, 0.2) is 6.23 Å². The number of aromatic nitrogens is 2. The zero-order valence-electron chi connectivity index (χ0n) is 18.5. The summed E-state index contributed by atoms with van der Waals surface area (Å²) in [6, 6.07) is 1.20. The van der Waals surface area contributed by atoms with Gasteiger partial charge in [-0.05, 0) is 20.8 Å². The third-order valence-electron chi connectivity index (χ3n) is 5.60. The van der Waals surface area contributed by atoms with E-state index in [4.69, 9.17) is 29.0 Å². The van der Waals surface area contributed by atoms with E-state index in [2.05, 4.69) is 4.98 Å². The number of hydrogen-bond donors (Lipinski definition) is 2. The Balaban J connectivity index is 1.68. The lowest BCUT2D eigenvalue weighted by atomic mass is 9.85. The Bertz CT molecular complexity index is 989. The van der Waals surface area contributed by atoms with Crippen molar-refractivity contribution in [1.29, 1.82) is 0 Å². The molecule has 0 bridgehead atoms. The van der Waals surface area contributed by atoms with Crippen LogP contribution in [0.1, 0.15) is 33.4 Å². The second kappa shape index (κ2) is 9.58. The Labute approximate surface area is 184 Å². The molecule has 2 aliphatic heterocycles. The topological polar surface area (TPSA) is 161 Å². The number of rotatable bonds is 8. The van der Waals surface area contributed by atoms with Crippen LogP contribution in [0.2, 0.25) is 0 Å². The van der Waals surface area contributed by atoms with Crippen LogP contribution in [-0.4, -0.2) is 65.9 Å². The van der Waals surface area contributed by atoms with Crippen molar-refractivity contribution in [2.24, 2.45) is 11.7 Å². The molecule has 3 rings (SSSR count). The molecular formula is C19H30N3O9P. The molecule has 32 heavy (non-hydrogen) atoms. The molecule has 12 nitrogen and oxygen atoms in total. The van der Waals surface area contributed by atoms with E-state index < -0.39 is 54.7 Å². The van der Waals surface area contributed by atoms with Gasteiger partial charge in [0.25, 0.3) is 5.56 Å². The molecule has 2 aliphatic rings. The number of aromatic amines is 1. The van der Waals surface area contributed by atoms with Crippen molar-refractivity contribution in [2.45, 2.75) is 57.3 Å². The van der Waals surface area contributed by atoms with Gasteiger partial charge in [-0.25, -0.2) is 4.79 Å². The molecule has 180 valence electrons. The first-order valence-corrected chi connectivity index (χ1v) is 12.0. The van der Waals surface area contributed by atoms with Crippen molar-refractivity contribution in [3.63, 3.8) is 0 Å². The highest BCUT2D eigenvalue weighted by atomic mass is 31.2. The summed E-state index contributed by atoms with van der Waals surface area (Å²) in [6.45, 7) is 4.99. The molecular weight excluding hydrogens is 445 g/mol. The number of nitrogens with one attached hydrogen (secondary N) is 1. The molecule has 0 saturated carbocycles. The highest BCUT2D eigenvalue weighted by Gasteiger charge is 2.57. The summed E-state index contributed by atoms with van der Waals surface area (Å²) >= 11 is 0. The number of esters is 1. The van der Waals surface area contributed by atoms with E-state index in [0.717, 1.165) is 0 Å². The zero-order chi connectivity index (χ0) is 23.7. The number of ether oxygens (including phenoxy) is 3. The van der Waals surface area contributed by atoms with Crippen LogP contribution >= 0.6 is 7.60 Å². The minimum Gasteiger partial charge on any atom is -0.463 e. The Kier molecular flexibility index (Phi) is 7.43. The molecule has 1 aromatic rings. The van der Waals surface area contributed by atoms with Crippen LogP contribution in [0.5, 0.6) is 0 Å². The fraction of sp³-hybridized carbons (Fsp3) is 0.737. The molecule has 1 unspecified atom stereocenters. The molecule has 3 N–H and O–H groups in total. The fourth-order valence-electron chi connectivity index (χ4n) is 3.91. The summed E-state index contributed by atoms with van der Waals surface area (Å²) in [4.78, 5) is 37.6. The molecule has 2 fully saturated rings. The third-order valence-corrected chi connectivity index (χ3v) is 7.52. The maximum atomic E-state index is 13.3. The van der Waals surface area contributed by atoms with Gasteiger partial charge in [-0.15, -0.1) is 0 Å². The first-order valence-electron chi connectivity index (χ1n) is 10.3. The Morgan fingerprint density at radius 1 is 1.44 bits per heavy atom. The molecule has 0 radical (unpaired) electrons. The Morgan fingerprint density at radius 3 is 2.78 bits per heavy atom. The predicted molar refractivity (Wildman–Crippen MR) is 112 cm³/mol. The molecule has 0 aromatic carbocycles. The lowest BCUT2D eigenvalue weighted by Crippen LogP contribution is -2.52. The largest absolute Gasteiger partial charge is 0.463 e. The van der Waals surface area contributed by atoms with Crippen LogP contribution in [0.4, 0.5) is 0 Å². The van der Waals surface area contributed by atoms with Crippen LogP contribution in [0.3, 0.4) is 0 Å². The maximum absolute atomic E-state index is 13.3. The number of carbonyl (C=O) groups excluding carboxylic acids is 1. The smallest absolute Gasteiger partial charge is 0.331 e. The van der Waals surface area contributed by atoms with E-state index in [9.17, 15) is 18.9 Å². The Morgan fingerprint density at radius 2 is 2.16 bits per heavy atom. The van der Waals surface area contributed by atoms with Gasteiger partial charge in [0.05, 0.1) is 49.6 Å². The van der Waals surface area contributed by atoms with Crippen molar-refractivity contribution >= 4 is 13.6 Å². The minimum absolute atomic E-state index is 0.0356. The molecule has 13 heteroatoms. The van der Waals surface area contributed by atoms with Gasteiger partial charge in [0, 0.05) is 25.3 Å². The lowest BCUT2D eigenvalue weighted by molar-refractivity contribution is -0.150. The van der Waals surface area contributed by atoms with E-state index in [1.807, 2.05) is 0 Å². The molecule has 3 heterocycles. The molecule has 0 spiro atoms. The van der Waals surface area contributed by atoms with Gasteiger partial charge >= 0.3 is 19.3 Å². The van der Waals surface area contributed by atoms with Gasteiger partial charge in [-0.3, -0.25) is 23.7 Å². The number of fused-ring (bicyclic) bond motifs is 1. The van der Waals surface area contributed by atoms with E-state index in [1.54, 1.807) is 20.8 Å². The summed E-state index contributed by atoms with van der Waals surface area (Å²) in [5, 5.41) is 0. The average Bonchev–Trinajstić information content (AvgIpc) is 2.95. The first-order chi connectivity index (χ1) is 14.9. The summed E-state index contributed by atoms with van der Waals surface area (Å²) in [5.74, 6) is -0.899. The summed E-state index contributed by atoms with van der Waals surface area (Å²) in [7, 11) is -2.16. The molecule has 0 amide bonds. The number of carbonyl (C=O) groups is 1. The van der Waals surface area contributed by atoms with Crippen LogP contribution in [0, 0.1) is 5.92 Å². The van der Waals surface area contributed by atoms with Gasteiger partial charge in [0.1, 0.15) is 0 Å². The molecule has 6 atom stereocenters. The SMILES string of the molecule is CO[C@@H](COP1(=O)C[C@@H]2[C@@H](CO1)O[C@@H](n1ccc(=O)[nH]c1=O)[C@]2(C)N)CC(=O)OC(C)C. The summed E-state index contributed by atoms with van der Waals surface area (Å²) < 4.78 is 41.8. The summed E-state index contributed by atoms with van der Waals surface area (Å²) in [6.07, 6.45) is -1.12. The highest BCUT2D eigenvalue weighted by molar-refractivity contribution is 7.53. The van der Waals surface area contributed by atoms with Gasteiger partial charge in [0.2, 0.25) is 0 Å². The van der Waals surface area contributed by atoms with Crippen molar-refractivity contribution in [3.05, 3.63) is 33.1 Å².